The number of hydrogen-bond acceptors (Lipinski definition) is 4. The summed E-state index contributed by atoms with van der Waals surface area (Å²) in [5, 5.41) is 6.09. The minimum Gasteiger partial charge on any atom is -0.383 e. The molecule has 1 fully saturated rings. The van der Waals surface area contributed by atoms with Gasteiger partial charge < -0.3 is 20.3 Å². The second kappa shape index (κ2) is 10.9. The Hall–Kier alpha value is -1.99. The molecule has 1 unspecified atom stereocenters. The Morgan fingerprint density at radius 3 is 2.73 bits per heavy atom. The lowest BCUT2D eigenvalue weighted by atomic mass is 9.96. The summed E-state index contributed by atoms with van der Waals surface area (Å²) in [7, 11) is 1.65. The number of nitrogens with zero attached hydrogens (tertiary/aromatic N) is 1. The van der Waals surface area contributed by atoms with E-state index in [4.69, 9.17) is 4.74 Å². The molecule has 0 saturated carbocycles. The lowest BCUT2D eigenvalue weighted by Crippen LogP contribution is -2.46. The van der Waals surface area contributed by atoms with Crippen LogP contribution in [0.3, 0.4) is 0 Å². The SMILES string of the molecule is COCCNCCNC(=O)C1CCCN(C(=O)Cc2ccc(F)cc2)C1. The number of halogens is 1. The Balaban J connectivity index is 1.74. The van der Waals surface area contributed by atoms with E-state index in [0.29, 0.717) is 32.8 Å². The molecule has 144 valence electrons. The van der Waals surface area contributed by atoms with Crippen molar-refractivity contribution in [2.75, 3.05) is 46.4 Å². The van der Waals surface area contributed by atoms with Gasteiger partial charge in [-0.05, 0) is 30.5 Å². The maximum absolute atomic E-state index is 13.0. The van der Waals surface area contributed by atoms with E-state index in [1.807, 2.05) is 0 Å². The van der Waals surface area contributed by atoms with Crippen molar-refractivity contribution in [3.05, 3.63) is 35.6 Å². The highest BCUT2D eigenvalue weighted by Crippen LogP contribution is 2.18. The van der Waals surface area contributed by atoms with Crippen molar-refractivity contribution in [3.8, 4) is 0 Å². The van der Waals surface area contributed by atoms with Crippen LogP contribution in [0.15, 0.2) is 24.3 Å². The molecule has 2 rings (SSSR count). The molecule has 6 nitrogen and oxygen atoms in total. The summed E-state index contributed by atoms with van der Waals surface area (Å²) in [6.07, 6.45) is 1.85. The number of rotatable bonds is 9. The van der Waals surface area contributed by atoms with Crippen molar-refractivity contribution in [2.24, 2.45) is 5.92 Å². The van der Waals surface area contributed by atoms with Crippen molar-refractivity contribution in [3.63, 3.8) is 0 Å². The van der Waals surface area contributed by atoms with E-state index >= 15 is 0 Å². The second-order valence-corrected chi connectivity index (χ2v) is 6.52. The summed E-state index contributed by atoms with van der Waals surface area (Å²) < 4.78 is 17.9. The Bertz CT molecular complexity index is 580. The highest BCUT2D eigenvalue weighted by molar-refractivity contribution is 5.82. The molecule has 7 heteroatoms. The molecule has 1 atom stereocenters. The largest absolute Gasteiger partial charge is 0.383 e. The minimum atomic E-state index is -0.312. The zero-order chi connectivity index (χ0) is 18.8. The third-order valence-electron chi connectivity index (χ3n) is 4.50. The fraction of sp³-hybridized carbons (Fsp3) is 0.579. The third kappa shape index (κ3) is 6.72. The molecule has 1 saturated heterocycles. The Morgan fingerprint density at radius 1 is 1.23 bits per heavy atom. The van der Waals surface area contributed by atoms with Crippen LogP contribution in [0.4, 0.5) is 4.39 Å². The average Bonchev–Trinajstić information content (AvgIpc) is 2.66. The maximum atomic E-state index is 13.0. The number of hydrogen-bond donors (Lipinski definition) is 2. The zero-order valence-electron chi connectivity index (χ0n) is 15.3. The van der Waals surface area contributed by atoms with Crippen LogP contribution in [0.25, 0.3) is 0 Å². The first-order valence-electron chi connectivity index (χ1n) is 9.09. The summed E-state index contributed by atoms with van der Waals surface area (Å²) >= 11 is 0. The maximum Gasteiger partial charge on any atom is 0.227 e. The van der Waals surface area contributed by atoms with E-state index in [-0.39, 0.29) is 30.0 Å². The van der Waals surface area contributed by atoms with Gasteiger partial charge in [0.2, 0.25) is 11.8 Å². The molecule has 0 spiro atoms. The predicted octanol–water partition coefficient (Wildman–Crippen LogP) is 0.959. The van der Waals surface area contributed by atoms with Crippen LogP contribution in [0.2, 0.25) is 0 Å². The van der Waals surface area contributed by atoms with Crippen LogP contribution >= 0.6 is 0 Å². The lowest BCUT2D eigenvalue weighted by molar-refractivity contribution is -0.135. The fourth-order valence-corrected chi connectivity index (χ4v) is 3.02. The van der Waals surface area contributed by atoms with E-state index in [9.17, 15) is 14.0 Å². The van der Waals surface area contributed by atoms with Crippen molar-refractivity contribution >= 4 is 11.8 Å². The Morgan fingerprint density at radius 2 is 2.00 bits per heavy atom. The highest BCUT2D eigenvalue weighted by Gasteiger charge is 2.28. The monoisotopic (exact) mass is 365 g/mol. The molecule has 1 aromatic rings. The van der Waals surface area contributed by atoms with E-state index in [2.05, 4.69) is 10.6 Å². The predicted molar refractivity (Wildman–Crippen MR) is 97.2 cm³/mol. The molecule has 1 aliphatic heterocycles. The quantitative estimate of drug-likeness (QED) is 0.640. The zero-order valence-corrected chi connectivity index (χ0v) is 15.3. The highest BCUT2D eigenvalue weighted by atomic mass is 19.1. The summed E-state index contributed by atoms with van der Waals surface area (Å²) in [5.41, 5.74) is 0.783. The lowest BCUT2D eigenvalue weighted by Gasteiger charge is -2.32. The number of nitrogens with one attached hydrogen (secondary N) is 2. The van der Waals surface area contributed by atoms with Gasteiger partial charge in [0.05, 0.1) is 18.9 Å². The number of methoxy groups -OCH3 is 1. The molecule has 2 N–H and O–H groups in total. The fourth-order valence-electron chi connectivity index (χ4n) is 3.02. The summed E-state index contributed by atoms with van der Waals surface area (Å²) in [4.78, 5) is 26.5. The molecule has 1 aliphatic rings. The molecule has 1 aromatic carbocycles. The van der Waals surface area contributed by atoms with Gasteiger partial charge in [-0.25, -0.2) is 4.39 Å². The van der Waals surface area contributed by atoms with Gasteiger partial charge in [-0.15, -0.1) is 0 Å². The number of amides is 2. The number of carbonyl (C=O) groups excluding carboxylic acids is 2. The van der Waals surface area contributed by atoms with Gasteiger partial charge in [0.25, 0.3) is 0 Å². The Kier molecular flexibility index (Phi) is 8.50. The number of piperidine rings is 1. The van der Waals surface area contributed by atoms with Crippen molar-refractivity contribution in [1.29, 1.82) is 0 Å². The standard InChI is InChI=1S/C19H28FN3O3/c1-26-12-10-21-8-9-22-19(25)16-3-2-11-23(14-16)18(24)13-15-4-6-17(20)7-5-15/h4-7,16,21H,2-3,8-14H2,1H3,(H,22,25). The first-order chi connectivity index (χ1) is 12.6. The van der Waals surface area contributed by atoms with Crippen molar-refractivity contribution in [1.82, 2.24) is 15.5 Å². The van der Waals surface area contributed by atoms with Gasteiger partial charge in [0.15, 0.2) is 0 Å². The van der Waals surface area contributed by atoms with Gasteiger partial charge >= 0.3 is 0 Å². The van der Waals surface area contributed by atoms with Gasteiger partial charge in [0.1, 0.15) is 5.82 Å². The van der Waals surface area contributed by atoms with Crippen molar-refractivity contribution in [2.45, 2.75) is 19.3 Å². The van der Waals surface area contributed by atoms with Gasteiger partial charge in [0, 0.05) is 39.8 Å². The van der Waals surface area contributed by atoms with Crippen LogP contribution in [-0.4, -0.2) is 63.2 Å². The van der Waals surface area contributed by atoms with E-state index in [0.717, 1.165) is 24.9 Å². The molecule has 2 amide bonds. The van der Waals surface area contributed by atoms with Gasteiger partial charge in [-0.1, -0.05) is 12.1 Å². The smallest absolute Gasteiger partial charge is 0.227 e. The van der Waals surface area contributed by atoms with E-state index < -0.39 is 0 Å². The number of ether oxygens (including phenoxy) is 1. The first-order valence-corrected chi connectivity index (χ1v) is 9.09. The third-order valence-corrected chi connectivity index (χ3v) is 4.50. The molecule has 0 aromatic heterocycles. The number of carbonyl (C=O) groups is 2. The van der Waals surface area contributed by atoms with E-state index in [1.54, 1.807) is 24.1 Å². The topological polar surface area (TPSA) is 70.7 Å². The molecule has 26 heavy (non-hydrogen) atoms. The van der Waals surface area contributed by atoms with Crippen LogP contribution < -0.4 is 10.6 Å². The molecule has 1 heterocycles. The summed E-state index contributed by atoms with van der Waals surface area (Å²) in [5.74, 6) is -0.499. The molecule has 0 radical (unpaired) electrons. The molecular weight excluding hydrogens is 337 g/mol. The summed E-state index contributed by atoms with van der Waals surface area (Å²) in [6.45, 7) is 3.76. The number of benzene rings is 1. The normalized spacial score (nSPS) is 17.2. The number of likely N-dealkylation sites (tertiary alicyclic amines) is 1. The molecule has 0 aliphatic carbocycles. The van der Waals surface area contributed by atoms with Gasteiger partial charge in [-0.2, -0.15) is 0 Å². The van der Waals surface area contributed by atoms with E-state index in [1.165, 1.54) is 12.1 Å². The van der Waals surface area contributed by atoms with Gasteiger partial charge in [-0.3, -0.25) is 9.59 Å². The Labute approximate surface area is 154 Å². The van der Waals surface area contributed by atoms with Crippen molar-refractivity contribution < 1.29 is 18.7 Å². The second-order valence-electron chi connectivity index (χ2n) is 6.52. The van der Waals surface area contributed by atoms with Crippen LogP contribution in [0.1, 0.15) is 18.4 Å². The molecular formula is C19H28FN3O3. The summed E-state index contributed by atoms with van der Waals surface area (Å²) in [6, 6.07) is 5.96. The average molecular weight is 365 g/mol. The molecule has 0 bridgehead atoms. The van der Waals surface area contributed by atoms with Crippen LogP contribution in [-0.2, 0) is 20.7 Å². The minimum absolute atomic E-state index is 0.00202. The first kappa shape index (κ1) is 20.3. The van der Waals surface area contributed by atoms with Crippen LogP contribution in [0.5, 0.6) is 0 Å². The van der Waals surface area contributed by atoms with Crippen LogP contribution in [0, 0.1) is 11.7 Å².